The summed E-state index contributed by atoms with van der Waals surface area (Å²) in [5, 5.41) is 9.01. The number of hydrogen-bond acceptors (Lipinski definition) is 4. The normalized spacial score (nSPS) is 21.2. The first-order valence-electron chi connectivity index (χ1n) is 7.16. The van der Waals surface area contributed by atoms with Gasteiger partial charge in [0.15, 0.2) is 6.10 Å². The lowest BCUT2D eigenvalue weighted by atomic mass is 10.0. The van der Waals surface area contributed by atoms with E-state index in [1.54, 1.807) is 0 Å². The highest BCUT2D eigenvalue weighted by atomic mass is 19.4. The van der Waals surface area contributed by atoms with E-state index >= 15 is 0 Å². The Balaban J connectivity index is 2.14. The Morgan fingerprint density at radius 3 is 2.58 bits per heavy atom. The lowest BCUT2D eigenvalue weighted by Gasteiger charge is -2.36. The van der Waals surface area contributed by atoms with Gasteiger partial charge in [0.25, 0.3) is 0 Å². The standard InChI is InChI=1S/C15H16F3NO5/c1-9(20)23-13-8-19(14(21)22)6-5-12(13)24-11-4-2-3-10(7-11)15(16,17)18/h2-4,7,12-13H,5-6,8H2,1H3,(H,21,22). The molecule has 0 aromatic heterocycles. The highest BCUT2D eigenvalue weighted by molar-refractivity contribution is 5.67. The molecule has 0 bridgehead atoms. The van der Waals surface area contributed by atoms with E-state index in [1.165, 1.54) is 19.1 Å². The van der Waals surface area contributed by atoms with Gasteiger partial charge in [-0.2, -0.15) is 13.2 Å². The minimum atomic E-state index is -4.50. The van der Waals surface area contributed by atoms with E-state index in [4.69, 9.17) is 14.6 Å². The van der Waals surface area contributed by atoms with Crippen LogP contribution in [0.3, 0.4) is 0 Å². The fraction of sp³-hybridized carbons (Fsp3) is 0.467. The van der Waals surface area contributed by atoms with Gasteiger partial charge in [0, 0.05) is 19.9 Å². The monoisotopic (exact) mass is 347 g/mol. The molecule has 1 saturated heterocycles. The number of halogens is 3. The van der Waals surface area contributed by atoms with Gasteiger partial charge in [-0.05, 0) is 18.2 Å². The summed E-state index contributed by atoms with van der Waals surface area (Å²) >= 11 is 0. The molecule has 2 unspecified atom stereocenters. The molecular weight excluding hydrogens is 331 g/mol. The van der Waals surface area contributed by atoms with E-state index in [2.05, 4.69) is 0 Å². The van der Waals surface area contributed by atoms with Crippen molar-refractivity contribution in [3.05, 3.63) is 29.8 Å². The Bertz CT molecular complexity index is 619. The fourth-order valence-corrected chi connectivity index (χ4v) is 2.45. The molecular formula is C15H16F3NO5. The lowest BCUT2D eigenvalue weighted by molar-refractivity contribution is -0.155. The lowest BCUT2D eigenvalue weighted by Crippen LogP contribution is -2.52. The second kappa shape index (κ2) is 6.98. The largest absolute Gasteiger partial charge is 0.486 e. The molecule has 132 valence electrons. The maximum Gasteiger partial charge on any atom is 0.416 e. The minimum Gasteiger partial charge on any atom is -0.486 e. The number of piperidine rings is 1. The number of carboxylic acid groups (broad SMARTS) is 1. The van der Waals surface area contributed by atoms with Crippen molar-refractivity contribution in [1.82, 2.24) is 4.90 Å². The topological polar surface area (TPSA) is 76.1 Å². The van der Waals surface area contributed by atoms with Crippen LogP contribution >= 0.6 is 0 Å². The Labute approximate surface area is 135 Å². The van der Waals surface area contributed by atoms with Crippen LogP contribution < -0.4 is 4.74 Å². The van der Waals surface area contributed by atoms with E-state index in [0.29, 0.717) is 0 Å². The molecule has 9 heteroatoms. The molecule has 0 saturated carbocycles. The van der Waals surface area contributed by atoms with Crippen molar-refractivity contribution in [1.29, 1.82) is 0 Å². The first-order valence-corrected chi connectivity index (χ1v) is 7.16. The van der Waals surface area contributed by atoms with Gasteiger partial charge in [0.2, 0.25) is 0 Å². The number of carbonyl (C=O) groups excluding carboxylic acids is 1. The third-order valence-electron chi connectivity index (χ3n) is 3.54. The fourth-order valence-electron chi connectivity index (χ4n) is 2.45. The van der Waals surface area contributed by atoms with E-state index < -0.39 is 36.0 Å². The number of benzene rings is 1. The first kappa shape index (κ1) is 17.9. The smallest absolute Gasteiger partial charge is 0.416 e. The molecule has 0 spiro atoms. The van der Waals surface area contributed by atoms with Crippen LogP contribution in [-0.2, 0) is 15.7 Å². The molecule has 1 N–H and O–H groups in total. The molecule has 2 atom stereocenters. The molecule has 0 radical (unpaired) electrons. The number of rotatable bonds is 3. The van der Waals surface area contributed by atoms with Crippen molar-refractivity contribution in [2.45, 2.75) is 31.7 Å². The Hall–Kier alpha value is -2.45. The quantitative estimate of drug-likeness (QED) is 0.851. The number of amides is 1. The summed E-state index contributed by atoms with van der Waals surface area (Å²) in [5.41, 5.74) is -0.855. The molecule has 1 aromatic carbocycles. The summed E-state index contributed by atoms with van der Waals surface area (Å²) in [7, 11) is 0. The second-order valence-electron chi connectivity index (χ2n) is 5.35. The van der Waals surface area contributed by atoms with E-state index in [1.807, 2.05) is 0 Å². The van der Waals surface area contributed by atoms with Gasteiger partial charge in [0.1, 0.15) is 11.9 Å². The highest BCUT2D eigenvalue weighted by Gasteiger charge is 2.36. The molecule has 1 fully saturated rings. The molecule has 1 heterocycles. The van der Waals surface area contributed by atoms with Gasteiger partial charge in [-0.1, -0.05) is 6.07 Å². The predicted molar refractivity (Wildman–Crippen MR) is 75.6 cm³/mol. The third-order valence-corrected chi connectivity index (χ3v) is 3.54. The van der Waals surface area contributed by atoms with Gasteiger partial charge in [-0.15, -0.1) is 0 Å². The second-order valence-corrected chi connectivity index (χ2v) is 5.35. The van der Waals surface area contributed by atoms with Crippen LogP contribution in [0.15, 0.2) is 24.3 Å². The molecule has 1 aliphatic heterocycles. The number of hydrogen-bond donors (Lipinski definition) is 1. The van der Waals surface area contributed by atoms with Gasteiger partial charge in [-0.25, -0.2) is 4.79 Å². The first-order chi connectivity index (χ1) is 11.2. The predicted octanol–water partition coefficient (Wildman–Crippen LogP) is 2.77. The van der Waals surface area contributed by atoms with Crippen LogP contribution in [-0.4, -0.2) is 47.4 Å². The molecule has 1 aliphatic rings. The maximum atomic E-state index is 12.7. The molecule has 2 rings (SSSR count). The highest BCUT2D eigenvalue weighted by Crippen LogP contribution is 2.32. The molecule has 0 aliphatic carbocycles. The summed E-state index contributed by atoms with van der Waals surface area (Å²) in [6.45, 7) is 1.20. The molecule has 1 aromatic rings. The van der Waals surface area contributed by atoms with Gasteiger partial charge in [-0.3, -0.25) is 4.79 Å². The van der Waals surface area contributed by atoms with Crippen LogP contribution in [0.25, 0.3) is 0 Å². The van der Waals surface area contributed by atoms with Crippen LogP contribution in [0, 0.1) is 0 Å². The molecule has 6 nitrogen and oxygen atoms in total. The van der Waals surface area contributed by atoms with E-state index in [9.17, 15) is 22.8 Å². The SMILES string of the molecule is CC(=O)OC1CN(C(=O)O)CCC1Oc1cccc(C(F)(F)F)c1. The summed E-state index contributed by atoms with van der Waals surface area (Å²) in [6.07, 6.45) is -7.08. The van der Waals surface area contributed by atoms with E-state index in [-0.39, 0.29) is 25.3 Å². The van der Waals surface area contributed by atoms with Crippen molar-refractivity contribution in [2.75, 3.05) is 13.1 Å². The van der Waals surface area contributed by atoms with Gasteiger partial charge in [0.05, 0.1) is 12.1 Å². The van der Waals surface area contributed by atoms with Crippen LogP contribution in [0.2, 0.25) is 0 Å². The summed E-state index contributed by atoms with van der Waals surface area (Å²) in [5.74, 6) is -0.638. The number of alkyl halides is 3. The van der Waals surface area contributed by atoms with Crippen LogP contribution in [0.1, 0.15) is 18.9 Å². The Kier molecular flexibility index (Phi) is 5.20. The van der Waals surface area contributed by atoms with Crippen LogP contribution in [0.5, 0.6) is 5.75 Å². The van der Waals surface area contributed by atoms with Crippen molar-refractivity contribution in [3.63, 3.8) is 0 Å². The number of likely N-dealkylation sites (tertiary alicyclic amines) is 1. The zero-order chi connectivity index (χ0) is 17.9. The average molecular weight is 347 g/mol. The number of nitrogens with zero attached hydrogens (tertiary/aromatic N) is 1. The van der Waals surface area contributed by atoms with Gasteiger partial charge >= 0.3 is 18.2 Å². The van der Waals surface area contributed by atoms with Crippen LogP contribution in [0.4, 0.5) is 18.0 Å². The molecule has 24 heavy (non-hydrogen) atoms. The average Bonchev–Trinajstić information content (AvgIpc) is 2.47. The minimum absolute atomic E-state index is 0.0178. The third kappa shape index (κ3) is 4.53. The van der Waals surface area contributed by atoms with Crippen molar-refractivity contribution < 1.29 is 37.3 Å². The van der Waals surface area contributed by atoms with Crippen molar-refractivity contribution in [3.8, 4) is 5.75 Å². The summed E-state index contributed by atoms with van der Waals surface area (Å²) < 4.78 is 48.8. The van der Waals surface area contributed by atoms with Crippen molar-refractivity contribution >= 4 is 12.1 Å². The number of ether oxygens (including phenoxy) is 2. The Morgan fingerprint density at radius 1 is 1.29 bits per heavy atom. The van der Waals surface area contributed by atoms with Gasteiger partial charge < -0.3 is 19.5 Å². The zero-order valence-corrected chi connectivity index (χ0v) is 12.7. The Morgan fingerprint density at radius 2 is 2.00 bits per heavy atom. The molecule has 1 amide bonds. The number of carbonyl (C=O) groups is 2. The van der Waals surface area contributed by atoms with Crippen molar-refractivity contribution in [2.24, 2.45) is 0 Å². The maximum absolute atomic E-state index is 12.7. The number of esters is 1. The zero-order valence-electron chi connectivity index (χ0n) is 12.7. The summed E-state index contributed by atoms with van der Waals surface area (Å²) in [4.78, 5) is 23.3. The summed E-state index contributed by atoms with van der Waals surface area (Å²) in [6, 6.07) is 4.35. The van der Waals surface area contributed by atoms with E-state index in [0.717, 1.165) is 17.0 Å².